The first-order valence-corrected chi connectivity index (χ1v) is 8.19. The van der Waals surface area contributed by atoms with Gasteiger partial charge in [0, 0.05) is 38.4 Å². The largest absolute Gasteiger partial charge is 0.472 e. The van der Waals surface area contributed by atoms with Crippen LogP contribution in [0.2, 0.25) is 0 Å². The minimum Gasteiger partial charge on any atom is -0.472 e. The van der Waals surface area contributed by atoms with Crippen molar-refractivity contribution in [2.75, 3.05) is 14.1 Å². The van der Waals surface area contributed by atoms with Gasteiger partial charge in [-0.2, -0.15) is 0 Å². The summed E-state index contributed by atoms with van der Waals surface area (Å²) in [5, 5.41) is 22.1. The number of nitrogens with zero attached hydrogens (tertiary/aromatic N) is 5. The van der Waals surface area contributed by atoms with Crippen LogP contribution in [0.5, 0.6) is 5.88 Å². The van der Waals surface area contributed by atoms with E-state index in [1.54, 1.807) is 26.2 Å². The summed E-state index contributed by atoms with van der Waals surface area (Å²) in [6.45, 7) is 0.0742. The molecule has 2 aromatic carbocycles. The highest BCUT2D eigenvalue weighted by atomic mass is 16.6. The van der Waals surface area contributed by atoms with Crippen molar-refractivity contribution in [1.82, 2.24) is 14.9 Å². The smallest absolute Gasteiger partial charge is 0.271 e. The molecule has 0 aliphatic rings. The second-order valence-electron chi connectivity index (χ2n) is 5.92. The standard InChI is InChI=1S/C15H10N4O5.C3H7NO/c20-18(21)11-3-1-2-10(6-11)8-24-15-13-5-4-12(19(22)23)7-14(13)16-9-17-15;1-4(2)3-5/h1-7,9H,8H2;3H,1-2H3. The van der Waals surface area contributed by atoms with Gasteiger partial charge in [0.05, 0.1) is 20.7 Å². The molecule has 0 unspecified atom stereocenters. The van der Waals surface area contributed by atoms with Crippen LogP contribution in [0.4, 0.5) is 11.4 Å². The Kier molecular flexibility index (Phi) is 7.07. The van der Waals surface area contributed by atoms with Gasteiger partial charge < -0.3 is 9.64 Å². The number of carbonyl (C=O) groups excluding carboxylic acids is 1. The molecule has 3 rings (SSSR count). The molecule has 1 aromatic heterocycles. The van der Waals surface area contributed by atoms with E-state index >= 15 is 0 Å². The van der Waals surface area contributed by atoms with Gasteiger partial charge in [-0.1, -0.05) is 12.1 Å². The predicted molar refractivity (Wildman–Crippen MR) is 103 cm³/mol. The second-order valence-corrected chi connectivity index (χ2v) is 5.92. The maximum Gasteiger partial charge on any atom is 0.271 e. The second kappa shape index (κ2) is 9.69. The number of benzene rings is 2. The van der Waals surface area contributed by atoms with Crippen molar-refractivity contribution in [2.45, 2.75) is 6.61 Å². The van der Waals surface area contributed by atoms with Crippen LogP contribution >= 0.6 is 0 Å². The van der Waals surface area contributed by atoms with Gasteiger partial charge >= 0.3 is 0 Å². The van der Waals surface area contributed by atoms with Crippen LogP contribution in [0.25, 0.3) is 10.9 Å². The van der Waals surface area contributed by atoms with E-state index in [1.807, 2.05) is 0 Å². The normalized spacial score (nSPS) is 9.86. The fourth-order valence-electron chi connectivity index (χ4n) is 2.16. The first-order valence-electron chi connectivity index (χ1n) is 8.19. The van der Waals surface area contributed by atoms with E-state index in [2.05, 4.69) is 9.97 Å². The van der Waals surface area contributed by atoms with Crippen molar-refractivity contribution in [1.29, 1.82) is 0 Å². The molecule has 11 nitrogen and oxygen atoms in total. The summed E-state index contributed by atoms with van der Waals surface area (Å²) in [7, 11) is 3.38. The third kappa shape index (κ3) is 5.92. The molecule has 0 bridgehead atoms. The number of amides is 1. The maximum atomic E-state index is 10.8. The fraction of sp³-hybridized carbons (Fsp3) is 0.167. The van der Waals surface area contributed by atoms with Gasteiger partial charge in [0.2, 0.25) is 12.3 Å². The maximum absolute atomic E-state index is 10.8. The number of ether oxygens (including phenoxy) is 1. The Hall–Kier alpha value is -4.15. The number of hydrogen-bond donors (Lipinski definition) is 0. The Labute approximate surface area is 164 Å². The van der Waals surface area contributed by atoms with Crippen LogP contribution < -0.4 is 4.74 Å². The van der Waals surface area contributed by atoms with Gasteiger partial charge in [0.1, 0.15) is 12.9 Å². The van der Waals surface area contributed by atoms with Crippen LogP contribution in [0.15, 0.2) is 48.8 Å². The van der Waals surface area contributed by atoms with Gasteiger partial charge in [0.15, 0.2) is 0 Å². The molecular formula is C18H17N5O6. The molecule has 0 N–H and O–H groups in total. The number of fused-ring (bicyclic) bond motifs is 1. The van der Waals surface area contributed by atoms with Gasteiger partial charge in [-0.3, -0.25) is 25.0 Å². The highest BCUT2D eigenvalue weighted by molar-refractivity contribution is 5.85. The van der Waals surface area contributed by atoms with Gasteiger partial charge in [0.25, 0.3) is 11.4 Å². The summed E-state index contributed by atoms with van der Waals surface area (Å²) < 4.78 is 5.60. The quantitative estimate of drug-likeness (QED) is 0.350. The van der Waals surface area contributed by atoms with E-state index in [-0.39, 0.29) is 23.9 Å². The molecule has 0 saturated heterocycles. The van der Waals surface area contributed by atoms with Crippen molar-refractivity contribution in [3.05, 3.63) is 74.6 Å². The number of nitro groups is 2. The molecule has 3 aromatic rings. The molecule has 0 saturated carbocycles. The Balaban J connectivity index is 0.000000537. The highest BCUT2D eigenvalue weighted by Crippen LogP contribution is 2.26. The summed E-state index contributed by atoms with van der Waals surface area (Å²) in [6, 6.07) is 10.2. The molecule has 0 spiro atoms. The van der Waals surface area contributed by atoms with Crippen LogP contribution in [0.3, 0.4) is 0 Å². The average molecular weight is 399 g/mol. The Bertz CT molecular complexity index is 1040. The number of hydrogen-bond acceptors (Lipinski definition) is 8. The molecule has 0 aliphatic carbocycles. The fourth-order valence-corrected chi connectivity index (χ4v) is 2.16. The first kappa shape index (κ1) is 21.2. The van der Waals surface area contributed by atoms with Crippen LogP contribution in [0.1, 0.15) is 5.56 Å². The number of aromatic nitrogens is 2. The molecule has 1 heterocycles. The van der Waals surface area contributed by atoms with Crippen LogP contribution in [-0.2, 0) is 11.4 Å². The molecule has 29 heavy (non-hydrogen) atoms. The summed E-state index contributed by atoms with van der Waals surface area (Å²) in [4.78, 5) is 39.5. The number of rotatable bonds is 6. The molecule has 1 amide bonds. The predicted octanol–water partition coefficient (Wildman–Crippen LogP) is 2.73. The zero-order valence-electron chi connectivity index (χ0n) is 15.6. The number of non-ortho nitro benzene ring substituents is 2. The summed E-state index contributed by atoms with van der Waals surface area (Å²) in [5.74, 6) is 0.251. The highest BCUT2D eigenvalue weighted by Gasteiger charge is 2.12. The van der Waals surface area contributed by atoms with Gasteiger partial charge in [-0.25, -0.2) is 9.97 Å². The van der Waals surface area contributed by atoms with Crippen molar-refractivity contribution in [2.24, 2.45) is 0 Å². The molecular weight excluding hydrogens is 382 g/mol. The molecule has 0 radical (unpaired) electrons. The number of carbonyl (C=O) groups is 1. The van der Waals surface area contributed by atoms with Crippen LogP contribution in [-0.4, -0.2) is 45.2 Å². The van der Waals surface area contributed by atoms with Gasteiger partial charge in [-0.05, 0) is 11.6 Å². The molecule has 11 heteroatoms. The topological polar surface area (TPSA) is 142 Å². The zero-order valence-corrected chi connectivity index (χ0v) is 15.6. The first-order chi connectivity index (χ1) is 13.8. The van der Waals surface area contributed by atoms with E-state index in [4.69, 9.17) is 4.74 Å². The summed E-state index contributed by atoms with van der Waals surface area (Å²) >= 11 is 0. The lowest BCUT2D eigenvalue weighted by atomic mass is 10.2. The van der Waals surface area contributed by atoms with Crippen molar-refractivity contribution < 1.29 is 19.4 Å². The molecule has 0 fully saturated rings. The average Bonchev–Trinajstić information content (AvgIpc) is 2.72. The summed E-state index contributed by atoms with van der Waals surface area (Å²) in [6.07, 6.45) is 1.99. The minimum absolute atomic E-state index is 0.0285. The monoisotopic (exact) mass is 399 g/mol. The minimum atomic E-state index is -0.509. The van der Waals surface area contributed by atoms with E-state index in [0.29, 0.717) is 16.5 Å². The van der Waals surface area contributed by atoms with E-state index < -0.39 is 9.85 Å². The summed E-state index contributed by atoms with van der Waals surface area (Å²) in [5.41, 5.74) is 0.885. The van der Waals surface area contributed by atoms with Crippen molar-refractivity contribution in [3.8, 4) is 5.88 Å². The van der Waals surface area contributed by atoms with E-state index in [9.17, 15) is 25.0 Å². The Morgan fingerprint density at radius 2 is 1.69 bits per heavy atom. The zero-order chi connectivity index (χ0) is 21.4. The van der Waals surface area contributed by atoms with Crippen LogP contribution in [0, 0.1) is 20.2 Å². The van der Waals surface area contributed by atoms with Gasteiger partial charge in [-0.15, -0.1) is 0 Å². The molecule has 0 atom stereocenters. The van der Waals surface area contributed by atoms with Crippen molar-refractivity contribution >= 4 is 28.7 Å². The SMILES string of the molecule is CN(C)C=O.O=[N+]([O-])c1cccc(COc2ncnc3cc([N+](=O)[O-])ccc23)c1. The van der Waals surface area contributed by atoms with E-state index in [0.717, 1.165) is 6.41 Å². The Morgan fingerprint density at radius 3 is 2.31 bits per heavy atom. The molecule has 150 valence electrons. The third-order valence-corrected chi connectivity index (χ3v) is 3.50. The lowest BCUT2D eigenvalue weighted by Crippen LogP contribution is -2.06. The molecule has 0 aliphatic heterocycles. The van der Waals surface area contributed by atoms with E-state index in [1.165, 1.54) is 41.6 Å². The lowest BCUT2D eigenvalue weighted by molar-refractivity contribution is -0.385. The lowest BCUT2D eigenvalue weighted by Gasteiger charge is -2.07. The number of nitro benzene ring substituents is 2. The Morgan fingerprint density at radius 1 is 1.03 bits per heavy atom. The third-order valence-electron chi connectivity index (χ3n) is 3.50. The van der Waals surface area contributed by atoms with Crippen molar-refractivity contribution in [3.63, 3.8) is 0 Å².